The molecule has 8 heteroatoms. The first-order chi connectivity index (χ1) is 17.0. The molecule has 3 aromatic carbocycles. The Hall–Kier alpha value is -4.59. The zero-order chi connectivity index (χ0) is 24.3. The summed E-state index contributed by atoms with van der Waals surface area (Å²) in [5, 5.41) is 11.3. The lowest BCUT2D eigenvalue weighted by Gasteiger charge is -2.35. The minimum absolute atomic E-state index is 0.134. The second kappa shape index (κ2) is 7.73. The van der Waals surface area contributed by atoms with Gasteiger partial charge < -0.3 is 4.90 Å². The lowest BCUT2D eigenvalue weighted by Crippen LogP contribution is -2.44. The summed E-state index contributed by atoms with van der Waals surface area (Å²) >= 11 is 0. The fraction of sp³-hybridized carbons (Fsp3) is 0.148. The van der Waals surface area contributed by atoms with Gasteiger partial charge in [0.15, 0.2) is 5.78 Å². The third-order valence-corrected chi connectivity index (χ3v) is 7.09. The molecule has 0 radical (unpaired) electrons. The molecule has 0 unspecified atom stereocenters. The van der Waals surface area contributed by atoms with Gasteiger partial charge in [-0.25, -0.2) is 4.90 Å². The highest BCUT2D eigenvalue weighted by molar-refractivity contribution is 6.24. The molecule has 0 aliphatic carbocycles. The Bertz CT molecular complexity index is 1430. The number of nitro benzene ring substituents is 1. The second-order valence-corrected chi connectivity index (χ2v) is 8.85. The van der Waals surface area contributed by atoms with Crippen LogP contribution in [-0.4, -0.2) is 33.5 Å². The Balaban J connectivity index is 1.50. The van der Waals surface area contributed by atoms with Crippen molar-refractivity contribution in [2.24, 2.45) is 11.8 Å². The zero-order valence-electron chi connectivity index (χ0n) is 18.4. The topological polar surface area (TPSA) is 101 Å². The molecule has 3 heterocycles. The Morgan fingerprint density at radius 2 is 1.57 bits per heavy atom. The van der Waals surface area contributed by atoms with Crippen LogP contribution >= 0.6 is 0 Å². The molecule has 8 nitrogen and oxygen atoms in total. The first-order valence-electron chi connectivity index (χ1n) is 11.2. The maximum atomic E-state index is 13.8. The van der Waals surface area contributed by atoms with Gasteiger partial charge in [0.05, 0.1) is 28.5 Å². The number of hydrogen-bond acceptors (Lipinski definition) is 6. The van der Waals surface area contributed by atoms with Crippen LogP contribution in [0.1, 0.15) is 27.5 Å². The number of carbonyl (C=O) groups is 3. The number of hydrogen-bond donors (Lipinski definition) is 0. The average Bonchev–Trinajstić information content (AvgIpc) is 3.36. The number of non-ortho nitro benzene ring substituents is 1. The van der Waals surface area contributed by atoms with E-state index in [4.69, 9.17) is 0 Å². The van der Waals surface area contributed by atoms with Crippen LogP contribution in [-0.2, 0) is 9.59 Å². The van der Waals surface area contributed by atoms with Gasteiger partial charge in [-0.2, -0.15) is 0 Å². The fourth-order valence-electron chi connectivity index (χ4n) is 5.63. The van der Waals surface area contributed by atoms with E-state index in [0.717, 1.165) is 11.1 Å². The number of anilines is 1. The van der Waals surface area contributed by atoms with Crippen molar-refractivity contribution in [2.45, 2.75) is 12.1 Å². The van der Waals surface area contributed by atoms with Crippen LogP contribution in [0.4, 0.5) is 11.4 Å². The van der Waals surface area contributed by atoms with Crippen LogP contribution in [0.25, 0.3) is 6.08 Å². The summed E-state index contributed by atoms with van der Waals surface area (Å²) in [5.41, 5.74) is 2.19. The molecule has 2 fully saturated rings. The number of nitrogens with zero attached hydrogens (tertiary/aromatic N) is 3. The molecule has 6 rings (SSSR count). The number of rotatable bonds is 4. The van der Waals surface area contributed by atoms with E-state index in [-0.39, 0.29) is 17.2 Å². The predicted molar refractivity (Wildman–Crippen MR) is 127 cm³/mol. The van der Waals surface area contributed by atoms with E-state index in [0.29, 0.717) is 5.69 Å². The smallest absolute Gasteiger partial charge is 0.270 e. The summed E-state index contributed by atoms with van der Waals surface area (Å²) in [7, 11) is 0. The molecule has 0 N–H and O–H groups in total. The van der Waals surface area contributed by atoms with Crippen LogP contribution in [0.5, 0.6) is 0 Å². The summed E-state index contributed by atoms with van der Waals surface area (Å²) in [6, 6.07) is 20.3. The van der Waals surface area contributed by atoms with Gasteiger partial charge in [-0.1, -0.05) is 54.6 Å². The molecule has 0 spiro atoms. The van der Waals surface area contributed by atoms with Gasteiger partial charge in [0.2, 0.25) is 11.8 Å². The van der Waals surface area contributed by atoms with Crippen molar-refractivity contribution in [1.82, 2.24) is 4.90 Å². The molecular formula is C27H19N3O5. The number of amides is 2. The third-order valence-electron chi connectivity index (χ3n) is 7.09. The molecule has 3 aromatic rings. The standard InChI is InChI=1S/C27H19N3O5/c31-25(17-8-6-11-19(15-17)30(34)35)24-22-21(23-20-12-5-4-7-16(20)13-14-28(23)24)26(32)29(27(22)33)18-9-2-1-3-10-18/h1-15,21-24H/t21-,22-,23+,24+/m1/s1. The highest BCUT2D eigenvalue weighted by atomic mass is 16.6. The molecule has 0 aromatic heterocycles. The van der Waals surface area contributed by atoms with E-state index in [1.807, 2.05) is 30.3 Å². The SMILES string of the molecule is O=C(c1cccc([N+](=O)[O-])c1)[C@@H]1[C@@H]2C(=O)N(c3ccccc3)C(=O)[C@H]2[C@@H]2c3ccccc3C=CN12. The number of para-hydroxylation sites is 1. The summed E-state index contributed by atoms with van der Waals surface area (Å²) in [4.78, 5) is 55.1. The Morgan fingerprint density at radius 1 is 0.857 bits per heavy atom. The van der Waals surface area contributed by atoms with Crippen molar-refractivity contribution in [1.29, 1.82) is 0 Å². The molecular weight excluding hydrogens is 446 g/mol. The lowest BCUT2D eigenvalue weighted by atomic mass is 9.83. The molecule has 2 saturated heterocycles. The van der Waals surface area contributed by atoms with E-state index in [9.17, 15) is 24.5 Å². The van der Waals surface area contributed by atoms with Gasteiger partial charge in [0, 0.05) is 23.9 Å². The zero-order valence-corrected chi connectivity index (χ0v) is 18.4. The molecule has 4 atom stereocenters. The van der Waals surface area contributed by atoms with Crippen molar-refractivity contribution in [3.63, 3.8) is 0 Å². The molecule has 35 heavy (non-hydrogen) atoms. The summed E-state index contributed by atoms with van der Waals surface area (Å²) in [6.45, 7) is 0. The molecule has 3 aliphatic rings. The predicted octanol–water partition coefficient (Wildman–Crippen LogP) is 3.99. The molecule has 0 bridgehead atoms. The first kappa shape index (κ1) is 21.0. The number of imide groups is 1. The van der Waals surface area contributed by atoms with Gasteiger partial charge in [0.25, 0.3) is 5.69 Å². The minimum Gasteiger partial charge on any atom is -0.358 e. The molecule has 2 amide bonds. The van der Waals surface area contributed by atoms with Crippen LogP contribution in [0.2, 0.25) is 0 Å². The van der Waals surface area contributed by atoms with Gasteiger partial charge >= 0.3 is 0 Å². The normalized spacial score (nSPS) is 24.2. The Labute approximate surface area is 200 Å². The highest BCUT2D eigenvalue weighted by Crippen LogP contribution is 2.53. The van der Waals surface area contributed by atoms with Crippen LogP contribution in [0, 0.1) is 22.0 Å². The van der Waals surface area contributed by atoms with Crippen LogP contribution in [0.15, 0.2) is 85.1 Å². The van der Waals surface area contributed by atoms with E-state index >= 15 is 0 Å². The number of nitro groups is 1. The van der Waals surface area contributed by atoms with E-state index < -0.39 is 40.5 Å². The van der Waals surface area contributed by atoms with Crippen LogP contribution in [0.3, 0.4) is 0 Å². The van der Waals surface area contributed by atoms with Gasteiger partial charge in [-0.05, 0) is 29.3 Å². The summed E-state index contributed by atoms with van der Waals surface area (Å²) in [5.74, 6) is -2.89. The Kier molecular flexibility index (Phi) is 4.63. The van der Waals surface area contributed by atoms with Crippen molar-refractivity contribution < 1.29 is 19.3 Å². The van der Waals surface area contributed by atoms with E-state index in [1.165, 1.54) is 29.2 Å². The molecule has 3 aliphatic heterocycles. The number of Topliss-reactive ketones (excluding diaryl/α,β-unsaturated/α-hetero) is 1. The maximum absolute atomic E-state index is 13.8. The number of ketones is 1. The number of benzene rings is 3. The maximum Gasteiger partial charge on any atom is 0.270 e. The largest absolute Gasteiger partial charge is 0.358 e. The number of carbonyl (C=O) groups excluding carboxylic acids is 3. The summed E-state index contributed by atoms with van der Waals surface area (Å²) < 4.78 is 0. The minimum atomic E-state index is -0.971. The van der Waals surface area contributed by atoms with Crippen LogP contribution < -0.4 is 4.90 Å². The Morgan fingerprint density at radius 3 is 2.34 bits per heavy atom. The fourth-order valence-corrected chi connectivity index (χ4v) is 5.63. The highest BCUT2D eigenvalue weighted by Gasteiger charge is 2.64. The second-order valence-electron chi connectivity index (χ2n) is 8.85. The van der Waals surface area contributed by atoms with Crippen molar-refractivity contribution in [2.75, 3.05) is 4.90 Å². The van der Waals surface area contributed by atoms with Crippen molar-refractivity contribution in [3.05, 3.63) is 112 Å². The van der Waals surface area contributed by atoms with Gasteiger partial charge in [-0.3, -0.25) is 24.5 Å². The average molecular weight is 465 g/mol. The van der Waals surface area contributed by atoms with E-state index in [2.05, 4.69) is 0 Å². The quantitative estimate of drug-likeness (QED) is 0.250. The van der Waals surface area contributed by atoms with Crippen molar-refractivity contribution in [3.8, 4) is 0 Å². The van der Waals surface area contributed by atoms with E-state index in [1.54, 1.807) is 41.4 Å². The first-order valence-corrected chi connectivity index (χ1v) is 11.2. The lowest BCUT2D eigenvalue weighted by molar-refractivity contribution is -0.384. The molecule has 0 saturated carbocycles. The van der Waals surface area contributed by atoms with Crippen molar-refractivity contribution >= 4 is 35.0 Å². The van der Waals surface area contributed by atoms with Gasteiger partial charge in [-0.15, -0.1) is 0 Å². The summed E-state index contributed by atoms with van der Waals surface area (Å²) in [6.07, 6.45) is 3.63. The third kappa shape index (κ3) is 3.03. The molecule has 172 valence electrons. The number of fused-ring (bicyclic) bond motifs is 5. The van der Waals surface area contributed by atoms with Gasteiger partial charge in [0.1, 0.15) is 6.04 Å². The monoisotopic (exact) mass is 465 g/mol.